The smallest absolute Gasteiger partial charge is 0.274 e. The molecule has 1 aliphatic heterocycles. The predicted octanol–water partition coefficient (Wildman–Crippen LogP) is 0.909. The lowest BCUT2D eigenvalue weighted by atomic mass is 9.95. The van der Waals surface area contributed by atoms with Crippen LogP contribution < -0.4 is 9.86 Å². The number of rotatable bonds is 5. The fraction of sp³-hybridized carbons (Fsp3) is 0.786. The van der Waals surface area contributed by atoms with Crippen molar-refractivity contribution in [2.24, 2.45) is 11.1 Å². The lowest BCUT2D eigenvalue weighted by molar-refractivity contribution is -0.132. The van der Waals surface area contributed by atoms with Gasteiger partial charge in [0.15, 0.2) is 0 Å². The molecule has 3 N–H and O–H groups in total. The minimum Gasteiger partial charge on any atom is -0.342 e. The summed E-state index contributed by atoms with van der Waals surface area (Å²) in [5, 5.41) is 4.94. The van der Waals surface area contributed by atoms with Gasteiger partial charge in [0.05, 0.1) is 0 Å². The van der Waals surface area contributed by atoms with Crippen molar-refractivity contribution in [3.05, 3.63) is 11.6 Å². The first-order chi connectivity index (χ1) is 9.94. The van der Waals surface area contributed by atoms with Crippen LogP contribution in [-0.4, -0.2) is 38.9 Å². The Morgan fingerprint density at radius 2 is 2.19 bits per heavy atom. The molecular weight excluding hydrogens is 290 g/mol. The Hall–Kier alpha value is -0.920. The minimum absolute atomic E-state index is 0.154. The zero-order valence-corrected chi connectivity index (χ0v) is 13.2. The molecule has 1 heterocycles. The van der Waals surface area contributed by atoms with E-state index in [2.05, 4.69) is 10.8 Å². The fourth-order valence-electron chi connectivity index (χ4n) is 3.06. The first kappa shape index (κ1) is 16.5. The number of carbonyl (C=O) groups excluding carboxylic acids is 1. The van der Waals surface area contributed by atoms with E-state index in [1.807, 2.05) is 4.90 Å². The van der Waals surface area contributed by atoms with E-state index in [1.165, 1.54) is 18.4 Å². The minimum atomic E-state index is -3.65. The van der Waals surface area contributed by atoms with Crippen LogP contribution in [0.2, 0.25) is 0 Å². The molecule has 1 amide bonds. The maximum absolute atomic E-state index is 12.3. The Bertz CT molecular complexity index is 502. The van der Waals surface area contributed by atoms with E-state index in [9.17, 15) is 13.2 Å². The lowest BCUT2D eigenvalue weighted by Gasteiger charge is -2.33. The molecule has 0 spiro atoms. The van der Waals surface area contributed by atoms with Crippen molar-refractivity contribution in [2.75, 3.05) is 19.6 Å². The number of piperidine rings is 1. The summed E-state index contributed by atoms with van der Waals surface area (Å²) < 4.78 is 24.2. The van der Waals surface area contributed by atoms with Crippen molar-refractivity contribution in [1.29, 1.82) is 0 Å². The van der Waals surface area contributed by atoms with E-state index >= 15 is 0 Å². The Balaban J connectivity index is 1.82. The molecule has 1 saturated heterocycles. The molecule has 1 atom stereocenters. The molecule has 0 saturated carbocycles. The number of allylic oxidation sites excluding steroid dienone is 1. The fourth-order valence-corrected chi connectivity index (χ4v) is 3.53. The number of nitrogens with one attached hydrogen (secondary N) is 1. The van der Waals surface area contributed by atoms with Gasteiger partial charge >= 0.3 is 0 Å². The van der Waals surface area contributed by atoms with E-state index in [0.717, 1.165) is 32.2 Å². The number of amides is 1. The van der Waals surface area contributed by atoms with Crippen molar-refractivity contribution >= 4 is 16.1 Å². The molecule has 0 radical (unpaired) electrons. The quantitative estimate of drug-likeness (QED) is 0.739. The van der Waals surface area contributed by atoms with E-state index in [1.54, 1.807) is 0 Å². The number of nitrogens with two attached hydrogens (primary N) is 1. The third-order valence-electron chi connectivity index (χ3n) is 4.21. The third-order valence-corrected chi connectivity index (χ3v) is 4.78. The average molecular weight is 315 g/mol. The lowest BCUT2D eigenvalue weighted by Crippen LogP contribution is -2.44. The van der Waals surface area contributed by atoms with Gasteiger partial charge in [-0.25, -0.2) is 9.86 Å². The highest BCUT2D eigenvalue weighted by Crippen LogP contribution is 2.23. The molecule has 1 fully saturated rings. The first-order valence-corrected chi connectivity index (χ1v) is 9.22. The topological polar surface area (TPSA) is 92.5 Å². The average Bonchev–Trinajstić information content (AvgIpc) is 2.46. The van der Waals surface area contributed by atoms with Gasteiger partial charge in [-0.3, -0.25) is 4.79 Å². The second-order valence-electron chi connectivity index (χ2n) is 6.03. The van der Waals surface area contributed by atoms with Crippen LogP contribution in [0.4, 0.5) is 0 Å². The molecule has 21 heavy (non-hydrogen) atoms. The van der Waals surface area contributed by atoms with Crippen LogP contribution in [0.15, 0.2) is 11.6 Å². The standard InChI is InChI=1S/C14H25N3O3S/c15-21(19,20)16-10-13-7-4-8-17(11-13)14(18)9-12-5-2-1-3-6-12/h5,13,16H,1-4,6-11H2,(H2,15,19,20). The van der Waals surface area contributed by atoms with Crippen molar-refractivity contribution in [2.45, 2.75) is 44.9 Å². The summed E-state index contributed by atoms with van der Waals surface area (Å²) in [5.41, 5.74) is 1.26. The van der Waals surface area contributed by atoms with Crippen LogP contribution >= 0.6 is 0 Å². The molecule has 1 unspecified atom stereocenters. The largest absolute Gasteiger partial charge is 0.342 e. The summed E-state index contributed by atoms with van der Waals surface area (Å²) in [6.45, 7) is 1.71. The normalized spacial score (nSPS) is 23.8. The van der Waals surface area contributed by atoms with Crippen LogP contribution in [-0.2, 0) is 15.0 Å². The van der Waals surface area contributed by atoms with Crippen molar-refractivity contribution in [1.82, 2.24) is 9.62 Å². The van der Waals surface area contributed by atoms with Gasteiger partial charge in [-0.2, -0.15) is 8.42 Å². The van der Waals surface area contributed by atoms with Gasteiger partial charge in [0.1, 0.15) is 0 Å². The van der Waals surface area contributed by atoms with Crippen LogP contribution in [0.25, 0.3) is 0 Å². The highest BCUT2D eigenvalue weighted by molar-refractivity contribution is 7.87. The number of likely N-dealkylation sites (tertiary alicyclic amines) is 1. The predicted molar refractivity (Wildman–Crippen MR) is 81.6 cm³/mol. The molecule has 2 aliphatic rings. The van der Waals surface area contributed by atoms with Gasteiger partial charge in [0, 0.05) is 26.1 Å². The summed E-state index contributed by atoms with van der Waals surface area (Å²) in [4.78, 5) is 14.2. The van der Waals surface area contributed by atoms with Gasteiger partial charge in [-0.1, -0.05) is 11.6 Å². The van der Waals surface area contributed by atoms with Crippen LogP contribution in [0.5, 0.6) is 0 Å². The highest BCUT2D eigenvalue weighted by Gasteiger charge is 2.24. The molecule has 7 heteroatoms. The summed E-state index contributed by atoms with van der Waals surface area (Å²) in [6.07, 6.45) is 9.10. The van der Waals surface area contributed by atoms with Crippen LogP contribution in [0.1, 0.15) is 44.9 Å². The number of nitrogens with zero attached hydrogens (tertiary/aromatic N) is 1. The summed E-state index contributed by atoms with van der Waals surface area (Å²) in [6, 6.07) is 0. The SMILES string of the molecule is NS(=O)(=O)NCC1CCCN(C(=O)CC2=CCCCC2)C1. The van der Waals surface area contributed by atoms with Crippen molar-refractivity contribution in [3.63, 3.8) is 0 Å². The van der Waals surface area contributed by atoms with Crippen LogP contribution in [0, 0.1) is 5.92 Å². The Morgan fingerprint density at radius 3 is 2.86 bits per heavy atom. The molecule has 0 bridgehead atoms. The Kier molecular flexibility index (Phi) is 5.78. The summed E-state index contributed by atoms with van der Waals surface area (Å²) >= 11 is 0. The van der Waals surface area contributed by atoms with Gasteiger partial charge in [0.2, 0.25) is 5.91 Å². The second-order valence-corrected chi connectivity index (χ2v) is 7.41. The van der Waals surface area contributed by atoms with Crippen LogP contribution in [0.3, 0.4) is 0 Å². The van der Waals surface area contributed by atoms with Gasteiger partial charge < -0.3 is 4.90 Å². The Morgan fingerprint density at radius 1 is 1.38 bits per heavy atom. The molecule has 0 aromatic heterocycles. The molecule has 0 aromatic carbocycles. The van der Waals surface area contributed by atoms with Gasteiger partial charge in [0.25, 0.3) is 10.2 Å². The molecule has 0 aromatic rings. The number of carbonyl (C=O) groups is 1. The molecule has 2 rings (SSSR count). The zero-order chi connectivity index (χ0) is 15.3. The van der Waals surface area contributed by atoms with E-state index in [0.29, 0.717) is 19.5 Å². The van der Waals surface area contributed by atoms with Crippen molar-refractivity contribution < 1.29 is 13.2 Å². The number of hydrogen-bond acceptors (Lipinski definition) is 3. The molecule has 120 valence electrons. The summed E-state index contributed by atoms with van der Waals surface area (Å²) in [7, 11) is -3.65. The molecule has 6 nitrogen and oxygen atoms in total. The maximum atomic E-state index is 12.3. The van der Waals surface area contributed by atoms with Crippen molar-refractivity contribution in [3.8, 4) is 0 Å². The maximum Gasteiger partial charge on any atom is 0.274 e. The molecule has 1 aliphatic carbocycles. The zero-order valence-electron chi connectivity index (χ0n) is 12.4. The van der Waals surface area contributed by atoms with Gasteiger partial charge in [-0.05, 0) is 44.4 Å². The van der Waals surface area contributed by atoms with E-state index in [-0.39, 0.29) is 11.8 Å². The third kappa shape index (κ3) is 5.76. The van der Waals surface area contributed by atoms with Gasteiger partial charge in [-0.15, -0.1) is 0 Å². The molecular formula is C14H25N3O3S. The van der Waals surface area contributed by atoms with E-state index < -0.39 is 10.2 Å². The summed E-state index contributed by atoms with van der Waals surface area (Å²) in [5.74, 6) is 0.324. The Labute approximate surface area is 126 Å². The van der Waals surface area contributed by atoms with E-state index in [4.69, 9.17) is 5.14 Å². The first-order valence-electron chi connectivity index (χ1n) is 7.67. The number of hydrogen-bond donors (Lipinski definition) is 2. The highest BCUT2D eigenvalue weighted by atomic mass is 32.2. The monoisotopic (exact) mass is 315 g/mol. The second kappa shape index (κ2) is 7.38.